The van der Waals surface area contributed by atoms with Gasteiger partial charge in [-0.2, -0.15) is 0 Å². The van der Waals surface area contributed by atoms with Crippen molar-refractivity contribution in [3.63, 3.8) is 0 Å². The molecule has 1 aromatic heterocycles. The van der Waals surface area contributed by atoms with Gasteiger partial charge in [0, 0.05) is 5.69 Å². The van der Waals surface area contributed by atoms with Crippen LogP contribution in [0.15, 0.2) is 32.3 Å². The Kier molecular flexibility index (Phi) is 4.03. The molecule has 2 rings (SSSR count). The summed E-state index contributed by atoms with van der Waals surface area (Å²) in [5.74, 6) is 0. The average Bonchev–Trinajstić information content (AvgIpc) is 2.57. The lowest BCUT2D eigenvalue weighted by Crippen LogP contribution is -2.11. The van der Waals surface area contributed by atoms with E-state index in [0.717, 1.165) is 20.5 Å². The van der Waals surface area contributed by atoms with E-state index >= 15 is 0 Å². The van der Waals surface area contributed by atoms with Gasteiger partial charge >= 0.3 is 0 Å². The first kappa shape index (κ1) is 14.6. The molecule has 1 aromatic carbocycles. The van der Waals surface area contributed by atoms with Crippen molar-refractivity contribution in [3.8, 4) is 0 Å². The number of rotatable bonds is 3. The molecule has 0 unspecified atom stereocenters. The fourth-order valence-electron chi connectivity index (χ4n) is 1.80. The molecule has 0 saturated carbocycles. The van der Waals surface area contributed by atoms with Crippen LogP contribution in [0.1, 0.15) is 16.7 Å². The zero-order valence-corrected chi connectivity index (χ0v) is 14.0. The van der Waals surface area contributed by atoms with Gasteiger partial charge in [-0.3, -0.25) is 4.72 Å². The number of halogens is 1. The predicted octanol–water partition coefficient (Wildman–Crippen LogP) is 4.24. The lowest BCUT2D eigenvalue weighted by atomic mass is 10.1. The van der Waals surface area contributed by atoms with Crippen molar-refractivity contribution < 1.29 is 8.42 Å². The molecule has 0 radical (unpaired) electrons. The summed E-state index contributed by atoms with van der Waals surface area (Å²) < 4.78 is 28.3. The minimum Gasteiger partial charge on any atom is -0.279 e. The second-order valence-corrected chi connectivity index (χ2v) is 8.78. The molecular weight excluding hydrogens is 346 g/mol. The Morgan fingerprint density at radius 2 is 1.63 bits per heavy atom. The topological polar surface area (TPSA) is 46.2 Å². The van der Waals surface area contributed by atoms with E-state index in [0.29, 0.717) is 9.90 Å². The molecule has 6 heteroatoms. The first-order chi connectivity index (χ1) is 8.78. The van der Waals surface area contributed by atoms with Gasteiger partial charge in [0.2, 0.25) is 0 Å². The highest BCUT2D eigenvalue weighted by Gasteiger charge is 2.18. The number of nitrogens with one attached hydrogen (secondary N) is 1. The van der Waals surface area contributed by atoms with Crippen LogP contribution < -0.4 is 4.72 Å². The van der Waals surface area contributed by atoms with Gasteiger partial charge in [-0.25, -0.2) is 8.42 Å². The highest BCUT2D eigenvalue weighted by molar-refractivity contribution is 9.11. The maximum atomic E-state index is 12.3. The van der Waals surface area contributed by atoms with Gasteiger partial charge in [0.1, 0.15) is 4.21 Å². The molecule has 102 valence electrons. The molecule has 1 N–H and O–H groups in total. The van der Waals surface area contributed by atoms with Gasteiger partial charge in [0.15, 0.2) is 0 Å². The molecule has 0 aliphatic carbocycles. The van der Waals surface area contributed by atoms with Crippen molar-refractivity contribution in [1.29, 1.82) is 0 Å². The minimum absolute atomic E-state index is 0.316. The number of thiophene rings is 1. The van der Waals surface area contributed by atoms with Crippen LogP contribution >= 0.6 is 27.3 Å². The molecule has 1 heterocycles. The number of sulfonamides is 1. The molecule has 2 aromatic rings. The highest BCUT2D eigenvalue weighted by Crippen LogP contribution is 2.31. The van der Waals surface area contributed by atoms with Gasteiger partial charge in [0.25, 0.3) is 10.0 Å². The van der Waals surface area contributed by atoms with Crippen molar-refractivity contribution in [2.24, 2.45) is 0 Å². The van der Waals surface area contributed by atoms with E-state index in [4.69, 9.17) is 0 Å². The Morgan fingerprint density at radius 3 is 2.11 bits per heavy atom. The number of hydrogen-bond donors (Lipinski definition) is 1. The Labute approximate surface area is 125 Å². The van der Waals surface area contributed by atoms with Crippen LogP contribution in [-0.4, -0.2) is 8.42 Å². The van der Waals surface area contributed by atoms with Crippen LogP contribution in [0.4, 0.5) is 5.69 Å². The van der Waals surface area contributed by atoms with Crippen molar-refractivity contribution >= 4 is 43.0 Å². The SMILES string of the molecule is Cc1cc(C)cc(NS(=O)(=O)c2cc(C)c(Br)s2)c1. The fourth-order valence-corrected chi connectivity index (χ4v) is 5.07. The average molecular weight is 360 g/mol. The lowest BCUT2D eigenvalue weighted by molar-refractivity contribution is 0.603. The van der Waals surface area contributed by atoms with Gasteiger partial charge in [-0.15, -0.1) is 11.3 Å². The van der Waals surface area contributed by atoms with Crippen LogP contribution in [0.2, 0.25) is 0 Å². The molecule has 0 saturated heterocycles. The Morgan fingerprint density at radius 1 is 1.05 bits per heavy atom. The first-order valence-electron chi connectivity index (χ1n) is 5.65. The smallest absolute Gasteiger partial charge is 0.271 e. The first-order valence-corrected chi connectivity index (χ1v) is 8.74. The van der Waals surface area contributed by atoms with Gasteiger partial charge < -0.3 is 0 Å². The molecule has 0 bridgehead atoms. The summed E-state index contributed by atoms with van der Waals surface area (Å²) in [5.41, 5.74) is 3.58. The molecule has 19 heavy (non-hydrogen) atoms. The van der Waals surface area contributed by atoms with Crippen LogP contribution in [0.3, 0.4) is 0 Å². The summed E-state index contributed by atoms with van der Waals surface area (Å²) in [7, 11) is -3.51. The van der Waals surface area contributed by atoms with E-state index < -0.39 is 10.0 Å². The minimum atomic E-state index is -3.51. The molecule has 0 spiro atoms. The predicted molar refractivity (Wildman–Crippen MR) is 83.5 cm³/mol. The van der Waals surface area contributed by atoms with E-state index in [9.17, 15) is 8.42 Å². The normalized spacial score (nSPS) is 11.6. The van der Waals surface area contributed by atoms with E-state index in [1.54, 1.807) is 6.07 Å². The second kappa shape index (κ2) is 5.26. The molecule has 0 atom stereocenters. The van der Waals surface area contributed by atoms with E-state index in [1.165, 1.54) is 11.3 Å². The van der Waals surface area contributed by atoms with E-state index in [2.05, 4.69) is 20.7 Å². The molecule has 3 nitrogen and oxygen atoms in total. The third-order valence-electron chi connectivity index (χ3n) is 2.57. The number of anilines is 1. The van der Waals surface area contributed by atoms with E-state index in [-0.39, 0.29) is 0 Å². The van der Waals surface area contributed by atoms with Crippen molar-refractivity contribution in [3.05, 3.63) is 44.7 Å². The second-order valence-electron chi connectivity index (χ2n) is 4.50. The van der Waals surface area contributed by atoms with Gasteiger partial charge in [0.05, 0.1) is 3.79 Å². The largest absolute Gasteiger partial charge is 0.279 e. The molecule has 0 fully saturated rings. The monoisotopic (exact) mass is 359 g/mol. The van der Waals surface area contributed by atoms with Crippen molar-refractivity contribution in [2.75, 3.05) is 4.72 Å². The van der Waals surface area contributed by atoms with Crippen LogP contribution in [-0.2, 0) is 10.0 Å². The number of benzene rings is 1. The van der Waals surface area contributed by atoms with Crippen LogP contribution in [0.5, 0.6) is 0 Å². The van der Waals surface area contributed by atoms with Crippen LogP contribution in [0, 0.1) is 20.8 Å². The Balaban J connectivity index is 2.36. The summed E-state index contributed by atoms with van der Waals surface area (Å²) in [4.78, 5) is 0. The van der Waals surface area contributed by atoms with Gasteiger partial charge in [-0.05, 0) is 71.6 Å². The zero-order chi connectivity index (χ0) is 14.2. The van der Waals surface area contributed by atoms with Gasteiger partial charge in [-0.1, -0.05) is 6.07 Å². The maximum Gasteiger partial charge on any atom is 0.271 e. The van der Waals surface area contributed by atoms with Crippen molar-refractivity contribution in [2.45, 2.75) is 25.0 Å². The molecule has 0 amide bonds. The standard InChI is InChI=1S/C13H14BrNO2S2/c1-8-4-9(2)6-11(5-8)15-19(16,17)12-7-10(3)13(14)18-12/h4-7,15H,1-3H3. The summed E-state index contributed by atoms with van der Waals surface area (Å²) in [5, 5.41) is 0. The quantitative estimate of drug-likeness (QED) is 0.890. The Hall–Kier alpha value is -0.850. The fraction of sp³-hybridized carbons (Fsp3) is 0.231. The third kappa shape index (κ3) is 3.38. The van der Waals surface area contributed by atoms with Crippen LogP contribution in [0.25, 0.3) is 0 Å². The highest BCUT2D eigenvalue weighted by atomic mass is 79.9. The summed E-state index contributed by atoms with van der Waals surface area (Å²) in [6.07, 6.45) is 0. The molecule has 0 aliphatic rings. The Bertz CT molecular complexity index is 680. The summed E-state index contributed by atoms with van der Waals surface area (Å²) in [6, 6.07) is 7.31. The summed E-state index contributed by atoms with van der Waals surface area (Å²) in [6.45, 7) is 5.75. The maximum absolute atomic E-state index is 12.3. The number of aryl methyl sites for hydroxylation is 3. The molecular formula is C13H14BrNO2S2. The summed E-state index contributed by atoms with van der Waals surface area (Å²) >= 11 is 4.56. The van der Waals surface area contributed by atoms with Crippen molar-refractivity contribution in [1.82, 2.24) is 0 Å². The molecule has 0 aliphatic heterocycles. The third-order valence-corrected chi connectivity index (χ3v) is 6.56. The number of hydrogen-bond acceptors (Lipinski definition) is 3. The van der Waals surface area contributed by atoms with E-state index in [1.807, 2.05) is 39.0 Å². The lowest BCUT2D eigenvalue weighted by Gasteiger charge is -2.08. The zero-order valence-electron chi connectivity index (χ0n) is 10.8.